The van der Waals surface area contributed by atoms with E-state index in [1.807, 2.05) is 0 Å². The Hall–Kier alpha value is 0. The Morgan fingerprint density at radius 1 is 0.870 bits per heavy atom. The van der Waals surface area contributed by atoms with Crippen LogP contribution in [0.2, 0.25) is 0 Å². The Bertz CT molecular complexity index is 303. The summed E-state index contributed by atoms with van der Waals surface area (Å²) in [5, 5.41) is 0. The maximum atomic E-state index is 2.50. The van der Waals surface area contributed by atoms with E-state index in [0.717, 1.165) is 47.3 Å². The van der Waals surface area contributed by atoms with Gasteiger partial charge in [0.2, 0.25) is 0 Å². The van der Waals surface area contributed by atoms with Gasteiger partial charge in [-0.2, -0.15) is 0 Å². The molecule has 0 heteroatoms. The van der Waals surface area contributed by atoms with Crippen molar-refractivity contribution < 1.29 is 0 Å². The lowest BCUT2D eigenvalue weighted by molar-refractivity contribution is 0.0396. The quantitative estimate of drug-likeness (QED) is 0.406. The van der Waals surface area contributed by atoms with Crippen molar-refractivity contribution in [2.75, 3.05) is 0 Å². The first-order valence-corrected chi connectivity index (χ1v) is 10.8. The van der Waals surface area contributed by atoms with E-state index in [1.165, 1.54) is 44.9 Å². The monoisotopic (exact) mass is 322 g/mol. The molecule has 0 bridgehead atoms. The minimum atomic E-state index is 0.831. The molecule has 0 heterocycles. The zero-order valence-electron chi connectivity index (χ0n) is 17.6. The van der Waals surface area contributed by atoms with Crippen LogP contribution in [0.4, 0.5) is 0 Å². The molecule has 0 nitrogen and oxygen atoms in total. The van der Waals surface area contributed by atoms with Gasteiger partial charge in [-0.25, -0.2) is 0 Å². The van der Waals surface area contributed by atoms with Gasteiger partial charge in [-0.05, 0) is 66.6 Å². The first-order valence-electron chi connectivity index (χ1n) is 10.8. The molecule has 0 aliphatic heterocycles. The predicted molar refractivity (Wildman–Crippen MR) is 106 cm³/mol. The van der Waals surface area contributed by atoms with Crippen LogP contribution in [-0.2, 0) is 0 Å². The third-order valence-corrected chi connectivity index (χ3v) is 7.03. The molecule has 1 saturated carbocycles. The molecule has 0 aromatic rings. The third kappa shape index (κ3) is 5.79. The molecule has 0 amide bonds. The van der Waals surface area contributed by atoms with Crippen molar-refractivity contribution in [1.82, 2.24) is 0 Å². The standard InChI is InChI=1S/C23H46/c1-9-19-13-12-18(8)15-23(19)21(11-3)20(10-2)22(17(6)7)14-16(4)5/h16-23H,9-15H2,1-8H3. The zero-order chi connectivity index (χ0) is 17.6. The highest BCUT2D eigenvalue weighted by Crippen LogP contribution is 2.47. The number of hydrogen-bond donors (Lipinski definition) is 0. The van der Waals surface area contributed by atoms with Crippen molar-refractivity contribution in [3.8, 4) is 0 Å². The second kappa shape index (κ2) is 10.1. The highest BCUT2D eigenvalue weighted by Gasteiger charge is 2.39. The summed E-state index contributed by atoms with van der Waals surface area (Å²) in [5.41, 5.74) is 0. The van der Waals surface area contributed by atoms with E-state index >= 15 is 0 Å². The normalized spacial score (nSPS) is 29.7. The Labute approximate surface area is 148 Å². The molecule has 1 aliphatic rings. The smallest absolute Gasteiger partial charge is 0.0352 e. The SMILES string of the molecule is CCC1CCC(C)CC1C(CC)C(CC)C(CC(C)C)C(C)C. The van der Waals surface area contributed by atoms with E-state index in [0.29, 0.717) is 0 Å². The molecule has 1 rings (SSSR count). The Kier molecular flexibility index (Phi) is 9.24. The van der Waals surface area contributed by atoms with Gasteiger partial charge in [0, 0.05) is 0 Å². The molecule has 0 spiro atoms. The van der Waals surface area contributed by atoms with Crippen LogP contribution in [0.1, 0.15) is 100 Å². The van der Waals surface area contributed by atoms with Crippen molar-refractivity contribution >= 4 is 0 Å². The van der Waals surface area contributed by atoms with Crippen LogP contribution < -0.4 is 0 Å². The van der Waals surface area contributed by atoms with Crippen LogP contribution in [0.5, 0.6) is 0 Å². The fourth-order valence-corrected chi connectivity index (χ4v) is 5.85. The van der Waals surface area contributed by atoms with Gasteiger partial charge in [0.05, 0.1) is 0 Å². The molecular weight excluding hydrogens is 276 g/mol. The summed E-state index contributed by atoms with van der Waals surface area (Å²) < 4.78 is 0. The number of rotatable bonds is 9. The largest absolute Gasteiger partial charge is 0.0651 e. The van der Waals surface area contributed by atoms with Gasteiger partial charge >= 0.3 is 0 Å². The second-order valence-corrected chi connectivity index (χ2v) is 9.43. The molecular formula is C23H46. The van der Waals surface area contributed by atoms with Crippen molar-refractivity contribution in [3.63, 3.8) is 0 Å². The molecule has 1 aliphatic carbocycles. The van der Waals surface area contributed by atoms with Gasteiger partial charge in [0.25, 0.3) is 0 Å². The number of hydrogen-bond acceptors (Lipinski definition) is 0. The Morgan fingerprint density at radius 3 is 1.96 bits per heavy atom. The van der Waals surface area contributed by atoms with Crippen LogP contribution in [0, 0.1) is 47.3 Å². The van der Waals surface area contributed by atoms with Crippen LogP contribution in [0.15, 0.2) is 0 Å². The van der Waals surface area contributed by atoms with Crippen molar-refractivity contribution in [1.29, 1.82) is 0 Å². The fraction of sp³-hybridized carbons (Fsp3) is 1.00. The van der Waals surface area contributed by atoms with E-state index in [-0.39, 0.29) is 0 Å². The van der Waals surface area contributed by atoms with Crippen molar-refractivity contribution in [2.45, 2.75) is 100 Å². The highest BCUT2D eigenvalue weighted by molar-refractivity contribution is 4.88. The van der Waals surface area contributed by atoms with Crippen LogP contribution in [0.25, 0.3) is 0 Å². The molecule has 23 heavy (non-hydrogen) atoms. The van der Waals surface area contributed by atoms with E-state index in [1.54, 1.807) is 0 Å². The summed E-state index contributed by atoms with van der Waals surface area (Å²) in [5.74, 6) is 7.42. The molecule has 1 fully saturated rings. The zero-order valence-corrected chi connectivity index (χ0v) is 17.6. The molecule has 0 N–H and O–H groups in total. The predicted octanol–water partition coefficient (Wildman–Crippen LogP) is 7.82. The molecule has 0 aromatic heterocycles. The Balaban J connectivity index is 3.00. The molecule has 0 saturated heterocycles. The first kappa shape index (κ1) is 21.0. The summed E-state index contributed by atoms with van der Waals surface area (Å²) in [7, 11) is 0. The van der Waals surface area contributed by atoms with Gasteiger partial charge < -0.3 is 0 Å². The summed E-state index contributed by atoms with van der Waals surface area (Å²) in [6.45, 7) is 19.7. The summed E-state index contributed by atoms with van der Waals surface area (Å²) in [6, 6.07) is 0. The fourth-order valence-electron chi connectivity index (χ4n) is 5.85. The average Bonchev–Trinajstić information content (AvgIpc) is 2.50. The third-order valence-electron chi connectivity index (χ3n) is 7.03. The summed E-state index contributed by atoms with van der Waals surface area (Å²) >= 11 is 0. The van der Waals surface area contributed by atoms with Gasteiger partial charge in [0.1, 0.15) is 0 Å². The van der Waals surface area contributed by atoms with E-state index in [2.05, 4.69) is 55.4 Å². The van der Waals surface area contributed by atoms with Crippen molar-refractivity contribution in [3.05, 3.63) is 0 Å². The highest BCUT2D eigenvalue weighted by atomic mass is 14.4. The van der Waals surface area contributed by atoms with Gasteiger partial charge in [-0.1, -0.05) is 81.1 Å². The lowest BCUT2D eigenvalue weighted by Gasteiger charge is -2.45. The van der Waals surface area contributed by atoms with Crippen LogP contribution in [-0.4, -0.2) is 0 Å². The van der Waals surface area contributed by atoms with Crippen molar-refractivity contribution in [2.24, 2.45) is 47.3 Å². The van der Waals surface area contributed by atoms with Gasteiger partial charge in [-0.3, -0.25) is 0 Å². The first-order chi connectivity index (χ1) is 10.8. The molecule has 6 unspecified atom stereocenters. The van der Waals surface area contributed by atoms with Gasteiger partial charge in [0.15, 0.2) is 0 Å². The summed E-state index contributed by atoms with van der Waals surface area (Å²) in [4.78, 5) is 0. The molecule has 6 atom stereocenters. The maximum Gasteiger partial charge on any atom is -0.0352 e. The van der Waals surface area contributed by atoms with Gasteiger partial charge in [-0.15, -0.1) is 0 Å². The molecule has 0 aromatic carbocycles. The average molecular weight is 323 g/mol. The lowest BCUT2D eigenvalue weighted by atomic mass is 9.60. The van der Waals surface area contributed by atoms with E-state index < -0.39 is 0 Å². The van der Waals surface area contributed by atoms with E-state index in [4.69, 9.17) is 0 Å². The molecule has 138 valence electrons. The topological polar surface area (TPSA) is 0 Å². The minimum Gasteiger partial charge on any atom is -0.0651 e. The Morgan fingerprint density at radius 2 is 1.52 bits per heavy atom. The maximum absolute atomic E-state index is 2.50. The summed E-state index contributed by atoms with van der Waals surface area (Å²) in [6.07, 6.45) is 10.1. The van der Waals surface area contributed by atoms with Crippen LogP contribution in [0.3, 0.4) is 0 Å². The van der Waals surface area contributed by atoms with E-state index in [9.17, 15) is 0 Å². The second-order valence-electron chi connectivity index (χ2n) is 9.43. The van der Waals surface area contributed by atoms with Crippen LogP contribution >= 0.6 is 0 Å². The molecule has 0 radical (unpaired) electrons. The lowest BCUT2D eigenvalue weighted by Crippen LogP contribution is -2.37. The minimum absolute atomic E-state index is 0.831.